The minimum Gasteiger partial charge on any atom is -0.486 e. The highest BCUT2D eigenvalue weighted by atomic mass is 16.6. The average molecular weight is 260 g/mol. The lowest BCUT2D eigenvalue weighted by Crippen LogP contribution is -2.25. The number of aromatic nitrogens is 3. The summed E-state index contributed by atoms with van der Waals surface area (Å²) in [5.41, 5.74) is 0.455. The molecular formula is C12H12N4O3. The Balaban J connectivity index is 1.76. The molecule has 0 fully saturated rings. The van der Waals surface area contributed by atoms with Crippen molar-refractivity contribution in [3.8, 4) is 11.5 Å². The quantitative estimate of drug-likeness (QED) is 0.839. The summed E-state index contributed by atoms with van der Waals surface area (Å²) in [6, 6.07) is 5.24. The predicted molar refractivity (Wildman–Crippen MR) is 65.0 cm³/mol. The topological polar surface area (TPSA) is 89.1 Å². The van der Waals surface area contributed by atoms with Crippen molar-refractivity contribution in [1.29, 1.82) is 0 Å². The number of aromatic amines is 1. The molecule has 0 bridgehead atoms. The van der Waals surface area contributed by atoms with Crippen LogP contribution in [0.5, 0.6) is 11.5 Å². The van der Waals surface area contributed by atoms with Crippen LogP contribution in [0.15, 0.2) is 24.5 Å². The largest absolute Gasteiger partial charge is 0.486 e. The summed E-state index contributed by atoms with van der Waals surface area (Å²) in [5, 5.41) is 9.13. The lowest BCUT2D eigenvalue weighted by molar-refractivity contribution is 0.0939. The molecule has 0 unspecified atom stereocenters. The summed E-state index contributed by atoms with van der Waals surface area (Å²) in [4.78, 5) is 16.0. The molecule has 0 saturated heterocycles. The summed E-state index contributed by atoms with van der Waals surface area (Å²) in [6.45, 7) is 1.22. The SMILES string of the molecule is O=C(NCc1ncn[nH]1)c1cccc2c1OCCO2. The summed E-state index contributed by atoms with van der Waals surface area (Å²) in [7, 11) is 0. The van der Waals surface area contributed by atoms with Crippen molar-refractivity contribution in [2.24, 2.45) is 0 Å². The van der Waals surface area contributed by atoms with E-state index in [0.29, 0.717) is 36.1 Å². The molecule has 2 N–H and O–H groups in total. The Hall–Kier alpha value is -2.57. The molecule has 1 aromatic carbocycles. The van der Waals surface area contributed by atoms with Gasteiger partial charge in [-0.1, -0.05) is 6.07 Å². The Bertz CT molecular complexity index is 583. The fourth-order valence-electron chi connectivity index (χ4n) is 1.83. The van der Waals surface area contributed by atoms with Gasteiger partial charge in [0.1, 0.15) is 25.4 Å². The van der Waals surface area contributed by atoms with Gasteiger partial charge in [-0.3, -0.25) is 9.89 Å². The van der Waals surface area contributed by atoms with E-state index in [1.165, 1.54) is 6.33 Å². The van der Waals surface area contributed by atoms with Gasteiger partial charge in [-0.25, -0.2) is 4.98 Å². The fourth-order valence-corrected chi connectivity index (χ4v) is 1.83. The van der Waals surface area contributed by atoms with Crippen molar-refractivity contribution in [2.45, 2.75) is 6.54 Å². The molecule has 7 heteroatoms. The van der Waals surface area contributed by atoms with Gasteiger partial charge < -0.3 is 14.8 Å². The summed E-state index contributed by atoms with van der Waals surface area (Å²) >= 11 is 0. The van der Waals surface area contributed by atoms with Gasteiger partial charge in [-0.05, 0) is 12.1 Å². The molecular weight excluding hydrogens is 248 g/mol. The van der Waals surface area contributed by atoms with E-state index in [1.54, 1.807) is 18.2 Å². The first-order valence-corrected chi connectivity index (χ1v) is 5.85. The average Bonchev–Trinajstić information content (AvgIpc) is 2.97. The molecule has 1 aromatic heterocycles. The minimum atomic E-state index is -0.237. The number of benzene rings is 1. The molecule has 2 heterocycles. The van der Waals surface area contributed by atoms with E-state index in [4.69, 9.17) is 9.47 Å². The smallest absolute Gasteiger partial charge is 0.255 e. The van der Waals surface area contributed by atoms with E-state index in [-0.39, 0.29) is 12.5 Å². The first-order chi connectivity index (χ1) is 9.34. The van der Waals surface area contributed by atoms with Gasteiger partial charge in [-0.15, -0.1) is 0 Å². The van der Waals surface area contributed by atoms with Crippen LogP contribution in [0.1, 0.15) is 16.2 Å². The number of hydrogen-bond donors (Lipinski definition) is 2. The maximum absolute atomic E-state index is 12.1. The highest BCUT2D eigenvalue weighted by Gasteiger charge is 2.20. The molecule has 0 saturated carbocycles. The molecule has 0 atom stereocenters. The van der Waals surface area contributed by atoms with E-state index in [9.17, 15) is 4.79 Å². The number of carbonyl (C=O) groups excluding carboxylic acids is 1. The second kappa shape index (κ2) is 4.97. The van der Waals surface area contributed by atoms with E-state index in [0.717, 1.165) is 0 Å². The Labute approximate surface area is 108 Å². The second-order valence-corrected chi connectivity index (χ2v) is 3.94. The third-order valence-corrected chi connectivity index (χ3v) is 2.69. The Morgan fingerprint density at radius 3 is 3.11 bits per heavy atom. The number of rotatable bonds is 3. The van der Waals surface area contributed by atoms with Crippen LogP contribution in [0.25, 0.3) is 0 Å². The van der Waals surface area contributed by atoms with Crippen LogP contribution >= 0.6 is 0 Å². The molecule has 98 valence electrons. The van der Waals surface area contributed by atoms with Crippen molar-refractivity contribution in [3.63, 3.8) is 0 Å². The molecule has 19 heavy (non-hydrogen) atoms. The molecule has 2 aromatic rings. The third kappa shape index (κ3) is 2.35. The van der Waals surface area contributed by atoms with Gasteiger partial charge in [-0.2, -0.15) is 5.10 Å². The maximum atomic E-state index is 12.1. The van der Waals surface area contributed by atoms with Gasteiger partial charge in [0, 0.05) is 0 Å². The van der Waals surface area contributed by atoms with Gasteiger partial charge >= 0.3 is 0 Å². The van der Waals surface area contributed by atoms with Crippen LogP contribution < -0.4 is 14.8 Å². The van der Waals surface area contributed by atoms with Gasteiger partial charge in [0.25, 0.3) is 5.91 Å². The van der Waals surface area contributed by atoms with E-state index >= 15 is 0 Å². The van der Waals surface area contributed by atoms with E-state index in [2.05, 4.69) is 20.5 Å². The van der Waals surface area contributed by atoms with Crippen molar-refractivity contribution >= 4 is 5.91 Å². The first kappa shape index (κ1) is 11.5. The fraction of sp³-hybridized carbons (Fsp3) is 0.250. The zero-order valence-corrected chi connectivity index (χ0v) is 10.0. The minimum absolute atomic E-state index is 0.237. The molecule has 3 rings (SSSR count). The standard InChI is InChI=1S/C12H12N4O3/c17-12(13-6-10-14-7-15-16-10)8-2-1-3-9-11(8)19-5-4-18-9/h1-3,7H,4-6H2,(H,13,17)(H,14,15,16). The van der Waals surface area contributed by atoms with Crippen LogP contribution in [0, 0.1) is 0 Å². The number of ether oxygens (including phenoxy) is 2. The molecule has 1 aliphatic heterocycles. The number of carbonyl (C=O) groups is 1. The Kier molecular flexibility index (Phi) is 3.01. The number of nitrogens with one attached hydrogen (secondary N) is 2. The van der Waals surface area contributed by atoms with Gasteiger partial charge in [0.05, 0.1) is 12.1 Å². The van der Waals surface area contributed by atoms with Crippen LogP contribution in [-0.4, -0.2) is 34.3 Å². The zero-order chi connectivity index (χ0) is 13.1. The van der Waals surface area contributed by atoms with E-state index in [1.807, 2.05) is 0 Å². The summed E-state index contributed by atoms with van der Waals surface area (Å²) < 4.78 is 10.9. The normalized spacial score (nSPS) is 13.1. The number of fused-ring (bicyclic) bond motifs is 1. The van der Waals surface area contributed by atoms with Gasteiger partial charge in [0.15, 0.2) is 11.5 Å². The monoisotopic (exact) mass is 260 g/mol. The van der Waals surface area contributed by atoms with Crippen LogP contribution in [0.2, 0.25) is 0 Å². The molecule has 0 aliphatic carbocycles. The predicted octanol–water partition coefficient (Wildman–Crippen LogP) is 0.506. The van der Waals surface area contributed by atoms with Crippen LogP contribution in [0.4, 0.5) is 0 Å². The molecule has 0 spiro atoms. The van der Waals surface area contributed by atoms with Crippen molar-refractivity contribution < 1.29 is 14.3 Å². The summed E-state index contributed by atoms with van der Waals surface area (Å²) in [5.74, 6) is 1.44. The molecule has 1 aliphatic rings. The van der Waals surface area contributed by atoms with Crippen molar-refractivity contribution in [2.75, 3.05) is 13.2 Å². The third-order valence-electron chi connectivity index (χ3n) is 2.69. The highest BCUT2D eigenvalue weighted by molar-refractivity contribution is 5.97. The number of amides is 1. The number of nitrogens with zero attached hydrogens (tertiary/aromatic N) is 2. The molecule has 1 amide bonds. The van der Waals surface area contributed by atoms with E-state index < -0.39 is 0 Å². The number of para-hydroxylation sites is 1. The Morgan fingerprint density at radius 2 is 2.26 bits per heavy atom. The zero-order valence-electron chi connectivity index (χ0n) is 10.0. The lowest BCUT2D eigenvalue weighted by atomic mass is 10.1. The second-order valence-electron chi connectivity index (χ2n) is 3.94. The number of H-pyrrole nitrogens is 1. The van der Waals surface area contributed by atoms with Crippen LogP contribution in [-0.2, 0) is 6.54 Å². The summed E-state index contributed by atoms with van der Waals surface area (Å²) in [6.07, 6.45) is 1.39. The van der Waals surface area contributed by atoms with Crippen molar-refractivity contribution in [1.82, 2.24) is 20.5 Å². The van der Waals surface area contributed by atoms with Gasteiger partial charge in [0.2, 0.25) is 0 Å². The molecule has 7 nitrogen and oxygen atoms in total. The first-order valence-electron chi connectivity index (χ1n) is 5.85. The van der Waals surface area contributed by atoms with Crippen LogP contribution in [0.3, 0.4) is 0 Å². The highest BCUT2D eigenvalue weighted by Crippen LogP contribution is 2.33. The van der Waals surface area contributed by atoms with Crippen molar-refractivity contribution in [3.05, 3.63) is 35.9 Å². The maximum Gasteiger partial charge on any atom is 0.255 e. The number of hydrogen-bond acceptors (Lipinski definition) is 5. The Morgan fingerprint density at radius 1 is 1.37 bits per heavy atom. The lowest BCUT2D eigenvalue weighted by Gasteiger charge is -2.20. The molecule has 0 radical (unpaired) electrons.